The Kier molecular flexibility index (Phi) is 5.03. The van der Waals surface area contributed by atoms with Gasteiger partial charge in [0.2, 0.25) is 0 Å². The number of benzene rings is 4. The normalized spacial score (nSPS) is 17.2. The molecule has 0 spiro atoms. The fourth-order valence-corrected chi connectivity index (χ4v) is 4.61. The van der Waals surface area contributed by atoms with Crippen LogP contribution in [0.2, 0.25) is 0 Å². The number of anilines is 1. The third-order valence-electron chi connectivity index (χ3n) is 7.13. The lowest BCUT2D eigenvalue weighted by Gasteiger charge is -2.32. The van der Waals surface area contributed by atoms with Crippen LogP contribution in [0.5, 0.6) is 0 Å². The zero-order valence-corrected chi connectivity index (χ0v) is 19.6. The molecule has 0 saturated carbocycles. The van der Waals surface area contributed by atoms with E-state index in [0.29, 0.717) is 0 Å². The zero-order chi connectivity index (χ0) is 22.5. The Morgan fingerprint density at radius 3 is 1.81 bits per heavy atom. The van der Waals surface area contributed by atoms with Gasteiger partial charge in [0.15, 0.2) is 0 Å². The van der Waals surface area contributed by atoms with Crippen LogP contribution in [-0.2, 0) is 15.9 Å². The number of hydrogen-bond donors (Lipinski definition) is 0. The minimum atomic E-state index is -0.386. The van der Waals surface area contributed by atoms with E-state index in [1.54, 1.807) is 0 Å². The Morgan fingerprint density at radius 1 is 0.719 bits per heavy atom. The van der Waals surface area contributed by atoms with E-state index >= 15 is 0 Å². The molecule has 3 nitrogen and oxygen atoms in total. The van der Waals surface area contributed by atoms with Crippen molar-refractivity contribution < 1.29 is 9.31 Å². The van der Waals surface area contributed by atoms with Crippen LogP contribution in [0.25, 0.3) is 21.5 Å². The lowest BCUT2D eigenvalue weighted by atomic mass is 9.77. The molecular formula is C28H30BNO2. The van der Waals surface area contributed by atoms with Crippen molar-refractivity contribution >= 4 is 39.8 Å². The van der Waals surface area contributed by atoms with Crippen molar-refractivity contribution in [2.45, 2.75) is 45.4 Å². The predicted octanol–water partition coefficient (Wildman–Crippen LogP) is 5.93. The highest BCUT2D eigenvalue weighted by molar-refractivity contribution is 6.64. The molecule has 32 heavy (non-hydrogen) atoms. The van der Waals surface area contributed by atoms with Gasteiger partial charge < -0.3 is 14.2 Å². The second-order valence-corrected chi connectivity index (χ2v) is 9.80. The number of fused-ring (bicyclic) bond motifs is 2. The number of nitrogens with zero attached hydrogens (tertiary/aromatic N) is 1. The van der Waals surface area contributed by atoms with Gasteiger partial charge in [-0.2, -0.15) is 0 Å². The van der Waals surface area contributed by atoms with E-state index in [2.05, 4.69) is 119 Å². The highest BCUT2D eigenvalue weighted by atomic mass is 16.7. The van der Waals surface area contributed by atoms with Gasteiger partial charge in [-0.05, 0) is 66.9 Å². The molecule has 0 aromatic heterocycles. The van der Waals surface area contributed by atoms with E-state index in [0.717, 1.165) is 17.7 Å². The van der Waals surface area contributed by atoms with Gasteiger partial charge >= 0.3 is 7.12 Å². The average molecular weight is 423 g/mol. The largest absolute Gasteiger partial charge is 0.496 e. The summed E-state index contributed by atoms with van der Waals surface area (Å²) in [7, 11) is 1.77. The fraction of sp³-hybridized carbons (Fsp3) is 0.286. The van der Waals surface area contributed by atoms with Crippen molar-refractivity contribution in [1.29, 1.82) is 0 Å². The quantitative estimate of drug-likeness (QED) is 0.300. The standard InChI is InChI=1S/C28H30BNO2/c1-27(2)28(3,4)32-29(31-27)25-16-10-11-17-26(25)30(5)19-24-22-14-8-6-12-20(22)18-21-13-7-9-15-23(21)24/h6-18H,19H2,1-5H3. The van der Waals surface area contributed by atoms with Crippen LogP contribution in [0.3, 0.4) is 0 Å². The summed E-state index contributed by atoms with van der Waals surface area (Å²) >= 11 is 0. The molecule has 4 aromatic carbocycles. The maximum Gasteiger partial charge on any atom is 0.496 e. The molecule has 1 fully saturated rings. The van der Waals surface area contributed by atoms with E-state index in [9.17, 15) is 0 Å². The molecule has 0 aliphatic carbocycles. The third kappa shape index (κ3) is 3.48. The van der Waals surface area contributed by atoms with Gasteiger partial charge in [0.25, 0.3) is 0 Å². The molecule has 1 saturated heterocycles. The molecule has 4 aromatic rings. The Bertz CT molecular complexity index is 1230. The summed E-state index contributed by atoms with van der Waals surface area (Å²) in [6.45, 7) is 9.19. The summed E-state index contributed by atoms with van der Waals surface area (Å²) in [6, 6.07) is 28.0. The lowest BCUT2D eigenvalue weighted by Crippen LogP contribution is -2.41. The first-order valence-electron chi connectivity index (χ1n) is 11.3. The van der Waals surface area contributed by atoms with Crippen molar-refractivity contribution in [3.63, 3.8) is 0 Å². The first-order chi connectivity index (χ1) is 15.3. The average Bonchev–Trinajstić information content (AvgIpc) is 3.00. The zero-order valence-electron chi connectivity index (χ0n) is 19.6. The minimum Gasteiger partial charge on any atom is -0.399 e. The molecule has 0 unspecified atom stereocenters. The summed E-state index contributed by atoms with van der Waals surface area (Å²) in [5.74, 6) is 0. The van der Waals surface area contributed by atoms with Crippen LogP contribution in [0.4, 0.5) is 5.69 Å². The highest BCUT2D eigenvalue weighted by Gasteiger charge is 2.52. The van der Waals surface area contributed by atoms with E-state index in [1.165, 1.54) is 27.1 Å². The molecule has 0 N–H and O–H groups in total. The van der Waals surface area contributed by atoms with Gasteiger partial charge in [0.05, 0.1) is 11.2 Å². The van der Waals surface area contributed by atoms with Gasteiger partial charge in [0.1, 0.15) is 0 Å². The maximum atomic E-state index is 6.38. The molecule has 0 radical (unpaired) electrons. The van der Waals surface area contributed by atoms with Crippen LogP contribution in [0.1, 0.15) is 33.3 Å². The molecule has 5 rings (SSSR count). The second kappa shape index (κ2) is 7.65. The molecule has 0 atom stereocenters. The van der Waals surface area contributed by atoms with Crippen LogP contribution >= 0.6 is 0 Å². The molecule has 1 aliphatic heterocycles. The monoisotopic (exact) mass is 423 g/mol. The van der Waals surface area contributed by atoms with E-state index < -0.39 is 0 Å². The molecule has 0 amide bonds. The van der Waals surface area contributed by atoms with Crippen LogP contribution in [0.15, 0.2) is 78.9 Å². The predicted molar refractivity (Wildman–Crippen MR) is 136 cm³/mol. The summed E-state index contributed by atoms with van der Waals surface area (Å²) in [5.41, 5.74) is 2.80. The number of hydrogen-bond acceptors (Lipinski definition) is 3. The minimum absolute atomic E-state index is 0.366. The van der Waals surface area contributed by atoms with E-state index in [1.807, 2.05) is 0 Å². The van der Waals surface area contributed by atoms with Crippen molar-refractivity contribution in [3.05, 3.63) is 84.4 Å². The summed E-state index contributed by atoms with van der Waals surface area (Å²) in [4.78, 5) is 2.31. The Balaban J connectivity index is 1.56. The molecule has 1 heterocycles. The summed E-state index contributed by atoms with van der Waals surface area (Å²) in [6.07, 6.45) is 0. The number of rotatable bonds is 4. The van der Waals surface area contributed by atoms with E-state index in [-0.39, 0.29) is 18.3 Å². The fourth-order valence-electron chi connectivity index (χ4n) is 4.61. The van der Waals surface area contributed by atoms with E-state index in [4.69, 9.17) is 9.31 Å². The smallest absolute Gasteiger partial charge is 0.399 e. The van der Waals surface area contributed by atoms with Crippen LogP contribution < -0.4 is 10.4 Å². The van der Waals surface area contributed by atoms with Crippen molar-refractivity contribution in [2.75, 3.05) is 11.9 Å². The topological polar surface area (TPSA) is 21.7 Å². The summed E-state index contributed by atoms with van der Waals surface area (Å²) < 4.78 is 12.8. The maximum absolute atomic E-state index is 6.38. The Morgan fingerprint density at radius 2 is 1.22 bits per heavy atom. The van der Waals surface area contributed by atoms with Gasteiger partial charge in [-0.3, -0.25) is 0 Å². The van der Waals surface area contributed by atoms with Crippen LogP contribution in [-0.4, -0.2) is 25.4 Å². The molecule has 162 valence electrons. The number of para-hydroxylation sites is 1. The molecule has 1 aliphatic rings. The Hall–Kier alpha value is -2.82. The SMILES string of the molecule is CN(Cc1c2ccccc2cc2ccccc12)c1ccccc1B1OC(C)(C)C(C)(C)O1. The van der Waals surface area contributed by atoms with Gasteiger partial charge in [-0.25, -0.2) is 0 Å². The van der Waals surface area contributed by atoms with Gasteiger partial charge in [-0.1, -0.05) is 66.7 Å². The highest BCUT2D eigenvalue weighted by Crippen LogP contribution is 2.37. The first kappa shape index (κ1) is 21.1. The molecule has 0 bridgehead atoms. The van der Waals surface area contributed by atoms with Crippen molar-refractivity contribution in [1.82, 2.24) is 0 Å². The lowest BCUT2D eigenvalue weighted by molar-refractivity contribution is 0.00578. The Labute approximate surface area is 191 Å². The summed E-state index contributed by atoms with van der Waals surface area (Å²) in [5, 5.41) is 5.14. The van der Waals surface area contributed by atoms with Crippen molar-refractivity contribution in [2.24, 2.45) is 0 Å². The second-order valence-electron chi connectivity index (χ2n) is 9.80. The van der Waals surface area contributed by atoms with Crippen molar-refractivity contribution in [3.8, 4) is 0 Å². The molecular weight excluding hydrogens is 393 g/mol. The van der Waals surface area contributed by atoms with Crippen LogP contribution in [0, 0.1) is 0 Å². The van der Waals surface area contributed by atoms with Gasteiger partial charge in [-0.15, -0.1) is 0 Å². The third-order valence-corrected chi connectivity index (χ3v) is 7.13. The molecule has 4 heteroatoms. The first-order valence-corrected chi connectivity index (χ1v) is 11.3. The van der Waals surface area contributed by atoms with Gasteiger partial charge in [0, 0.05) is 24.7 Å².